The number of nitrogens with one attached hydrogen (secondary N) is 1. The first-order valence-corrected chi connectivity index (χ1v) is 7.40. The Morgan fingerprint density at radius 3 is 2.61 bits per heavy atom. The van der Waals surface area contributed by atoms with Crippen LogP contribution in [0.25, 0.3) is 0 Å². The highest BCUT2D eigenvalue weighted by molar-refractivity contribution is 5.39. The van der Waals surface area contributed by atoms with Crippen molar-refractivity contribution in [3.8, 4) is 5.75 Å². The van der Waals surface area contributed by atoms with Gasteiger partial charge in [0.05, 0.1) is 0 Å². The van der Waals surface area contributed by atoms with Crippen LogP contribution in [0.4, 0.5) is 0 Å². The molecule has 1 aromatic carbocycles. The van der Waals surface area contributed by atoms with E-state index in [2.05, 4.69) is 11.4 Å². The van der Waals surface area contributed by atoms with Crippen LogP contribution in [0.15, 0.2) is 18.2 Å². The minimum atomic E-state index is 0.413. The largest absolute Gasteiger partial charge is 0.508 e. The second-order valence-corrected chi connectivity index (χ2v) is 5.82. The highest BCUT2D eigenvalue weighted by Crippen LogP contribution is 2.37. The fourth-order valence-electron chi connectivity index (χ4n) is 3.64. The van der Waals surface area contributed by atoms with E-state index in [-0.39, 0.29) is 0 Å². The molecule has 0 bridgehead atoms. The van der Waals surface area contributed by atoms with Crippen molar-refractivity contribution < 1.29 is 5.11 Å². The third-order valence-electron chi connectivity index (χ3n) is 4.59. The molecule has 2 N–H and O–H groups in total. The van der Waals surface area contributed by atoms with Crippen molar-refractivity contribution in [3.63, 3.8) is 0 Å². The normalized spacial score (nSPS) is 25.4. The fraction of sp³-hybridized carbons (Fsp3) is 0.625. The summed E-state index contributed by atoms with van der Waals surface area (Å²) in [6, 6.07) is 6.39. The Hall–Kier alpha value is -1.02. The van der Waals surface area contributed by atoms with Gasteiger partial charge in [0, 0.05) is 6.04 Å². The molecule has 1 aliphatic carbocycles. The highest BCUT2D eigenvalue weighted by Gasteiger charge is 2.28. The van der Waals surface area contributed by atoms with Gasteiger partial charge >= 0.3 is 0 Å². The fourth-order valence-corrected chi connectivity index (χ4v) is 3.64. The molecule has 18 heavy (non-hydrogen) atoms. The number of phenolic OH excluding ortho intramolecular Hbond substituents is 1. The van der Waals surface area contributed by atoms with Crippen LogP contribution in [0.5, 0.6) is 5.75 Å². The summed E-state index contributed by atoms with van der Waals surface area (Å²) in [5.74, 6) is 1.17. The van der Waals surface area contributed by atoms with Gasteiger partial charge in [-0.2, -0.15) is 0 Å². The molecule has 1 saturated carbocycles. The molecule has 2 nitrogen and oxygen atoms in total. The zero-order valence-electron chi connectivity index (χ0n) is 11.0. The van der Waals surface area contributed by atoms with Gasteiger partial charge in [-0.25, -0.2) is 0 Å². The Morgan fingerprint density at radius 2 is 1.83 bits per heavy atom. The van der Waals surface area contributed by atoms with Gasteiger partial charge in [-0.15, -0.1) is 0 Å². The zero-order chi connectivity index (χ0) is 12.4. The Labute approximate surface area is 109 Å². The monoisotopic (exact) mass is 245 g/mol. The van der Waals surface area contributed by atoms with Crippen molar-refractivity contribution in [3.05, 3.63) is 29.3 Å². The molecule has 0 amide bonds. The minimum absolute atomic E-state index is 0.413. The van der Waals surface area contributed by atoms with E-state index in [4.69, 9.17) is 0 Å². The number of phenols is 1. The maximum Gasteiger partial charge on any atom is 0.115 e. The Bertz CT molecular complexity index is 408. The van der Waals surface area contributed by atoms with Crippen LogP contribution in [0.1, 0.15) is 55.7 Å². The van der Waals surface area contributed by atoms with E-state index in [1.54, 1.807) is 0 Å². The number of hydrogen-bond donors (Lipinski definition) is 2. The molecule has 0 radical (unpaired) electrons. The van der Waals surface area contributed by atoms with Gasteiger partial charge in [-0.1, -0.05) is 31.7 Å². The second kappa shape index (κ2) is 5.31. The molecule has 2 aliphatic rings. The standard InChI is InChI=1S/C16H23NO/c18-14-8-7-12-9-10-17-16(15(12)11-14)13-5-3-1-2-4-6-13/h7-8,11,13,16-18H,1-6,9-10H2. The molecule has 1 atom stereocenters. The average Bonchev–Trinajstić information content (AvgIpc) is 2.67. The van der Waals surface area contributed by atoms with E-state index >= 15 is 0 Å². The van der Waals surface area contributed by atoms with Gasteiger partial charge in [0.15, 0.2) is 0 Å². The average molecular weight is 245 g/mol. The van der Waals surface area contributed by atoms with Crippen LogP contribution < -0.4 is 5.32 Å². The second-order valence-electron chi connectivity index (χ2n) is 5.82. The molecule has 1 aliphatic heterocycles. The van der Waals surface area contributed by atoms with Gasteiger partial charge in [-0.3, -0.25) is 0 Å². The lowest BCUT2D eigenvalue weighted by Crippen LogP contribution is -2.34. The van der Waals surface area contributed by atoms with Crippen LogP contribution in [-0.4, -0.2) is 11.7 Å². The molecule has 1 heterocycles. The smallest absolute Gasteiger partial charge is 0.115 e. The lowest BCUT2D eigenvalue weighted by atomic mass is 9.82. The first-order valence-electron chi connectivity index (χ1n) is 7.40. The van der Waals surface area contributed by atoms with Crippen LogP contribution in [0, 0.1) is 5.92 Å². The topological polar surface area (TPSA) is 32.3 Å². The summed E-state index contributed by atoms with van der Waals surface area (Å²) in [6.07, 6.45) is 9.32. The molecule has 1 fully saturated rings. The van der Waals surface area contributed by atoms with Crippen molar-refractivity contribution in [2.24, 2.45) is 5.92 Å². The number of hydrogen-bond acceptors (Lipinski definition) is 2. The van der Waals surface area contributed by atoms with Gasteiger partial charge in [-0.05, 0) is 55.0 Å². The zero-order valence-corrected chi connectivity index (χ0v) is 11.0. The van der Waals surface area contributed by atoms with E-state index in [0.717, 1.165) is 18.9 Å². The maximum atomic E-state index is 9.73. The summed E-state index contributed by atoms with van der Waals surface area (Å²) >= 11 is 0. The Morgan fingerprint density at radius 1 is 1.06 bits per heavy atom. The molecule has 98 valence electrons. The van der Waals surface area contributed by atoms with E-state index < -0.39 is 0 Å². The quantitative estimate of drug-likeness (QED) is 0.742. The summed E-state index contributed by atoms with van der Waals surface area (Å²) in [5, 5.41) is 13.4. The van der Waals surface area contributed by atoms with Gasteiger partial charge in [0.2, 0.25) is 0 Å². The van der Waals surface area contributed by atoms with Crippen molar-refractivity contribution in [2.45, 2.75) is 51.0 Å². The molecule has 1 unspecified atom stereocenters. The van der Waals surface area contributed by atoms with Crippen molar-refractivity contribution in [1.82, 2.24) is 5.32 Å². The molecule has 1 aromatic rings. The van der Waals surface area contributed by atoms with Crippen molar-refractivity contribution in [2.75, 3.05) is 6.54 Å². The minimum Gasteiger partial charge on any atom is -0.508 e. The van der Waals surface area contributed by atoms with E-state index in [0.29, 0.717) is 11.8 Å². The van der Waals surface area contributed by atoms with Gasteiger partial charge in [0.1, 0.15) is 5.75 Å². The lowest BCUT2D eigenvalue weighted by molar-refractivity contribution is 0.314. The molecule has 3 rings (SSSR count). The number of rotatable bonds is 1. The predicted octanol–water partition coefficient (Wildman–Crippen LogP) is 3.55. The van der Waals surface area contributed by atoms with Gasteiger partial charge in [0.25, 0.3) is 0 Å². The van der Waals surface area contributed by atoms with Gasteiger partial charge < -0.3 is 10.4 Å². The predicted molar refractivity (Wildman–Crippen MR) is 73.7 cm³/mol. The highest BCUT2D eigenvalue weighted by atomic mass is 16.3. The van der Waals surface area contributed by atoms with E-state index in [1.807, 2.05) is 12.1 Å². The summed E-state index contributed by atoms with van der Waals surface area (Å²) in [7, 11) is 0. The summed E-state index contributed by atoms with van der Waals surface area (Å²) in [5.41, 5.74) is 2.79. The van der Waals surface area contributed by atoms with Crippen LogP contribution in [0.2, 0.25) is 0 Å². The first kappa shape index (κ1) is 12.0. The third-order valence-corrected chi connectivity index (χ3v) is 4.59. The molecular formula is C16H23NO. The third kappa shape index (κ3) is 2.39. The maximum absolute atomic E-state index is 9.73. The van der Waals surface area contributed by atoms with Crippen molar-refractivity contribution in [1.29, 1.82) is 0 Å². The van der Waals surface area contributed by atoms with Crippen molar-refractivity contribution >= 4 is 0 Å². The molecule has 0 saturated heterocycles. The summed E-state index contributed by atoms with van der Waals surface area (Å²) in [6.45, 7) is 1.08. The first-order chi connectivity index (χ1) is 8.84. The van der Waals surface area contributed by atoms with E-state index in [1.165, 1.54) is 49.7 Å². The SMILES string of the molecule is Oc1ccc2c(c1)C(C1CCCCCC1)NCC2. The van der Waals surface area contributed by atoms with Crippen LogP contribution in [-0.2, 0) is 6.42 Å². The molecular weight excluding hydrogens is 222 g/mol. The van der Waals surface area contributed by atoms with Crippen LogP contribution in [0.3, 0.4) is 0 Å². The van der Waals surface area contributed by atoms with Crippen LogP contribution >= 0.6 is 0 Å². The number of benzene rings is 1. The Kier molecular flexibility index (Phi) is 3.55. The summed E-state index contributed by atoms with van der Waals surface area (Å²) < 4.78 is 0. The molecule has 0 spiro atoms. The lowest BCUT2D eigenvalue weighted by Gasteiger charge is -2.33. The number of fused-ring (bicyclic) bond motifs is 1. The number of aromatic hydroxyl groups is 1. The molecule has 2 heteroatoms. The summed E-state index contributed by atoms with van der Waals surface area (Å²) in [4.78, 5) is 0. The Balaban J connectivity index is 1.87. The van der Waals surface area contributed by atoms with E-state index in [9.17, 15) is 5.11 Å². The molecule has 0 aromatic heterocycles.